The van der Waals surface area contributed by atoms with Crippen LogP contribution in [0.15, 0.2) is 0 Å². The van der Waals surface area contributed by atoms with Crippen molar-refractivity contribution in [1.82, 2.24) is 5.32 Å². The standard InChI is InChI=1S/C11H24N2O2/c1-10(2,3)15-7-6-13-8-11(4,5)9(12)14/h13H,6-8H2,1-5H3,(H2,12,14). The van der Waals surface area contributed by atoms with E-state index in [1.165, 1.54) is 0 Å². The van der Waals surface area contributed by atoms with Crippen molar-refractivity contribution in [3.8, 4) is 0 Å². The summed E-state index contributed by atoms with van der Waals surface area (Å²) in [5.41, 5.74) is 4.64. The normalized spacial score (nSPS) is 12.9. The second-order valence-corrected chi connectivity index (χ2v) is 5.39. The van der Waals surface area contributed by atoms with Crippen LogP contribution >= 0.6 is 0 Å². The van der Waals surface area contributed by atoms with Crippen molar-refractivity contribution in [1.29, 1.82) is 0 Å². The Morgan fingerprint density at radius 1 is 1.27 bits per heavy atom. The summed E-state index contributed by atoms with van der Waals surface area (Å²) < 4.78 is 5.53. The van der Waals surface area contributed by atoms with Crippen molar-refractivity contribution >= 4 is 5.91 Å². The first-order chi connectivity index (χ1) is 6.65. The van der Waals surface area contributed by atoms with Gasteiger partial charge in [-0.3, -0.25) is 4.79 Å². The molecule has 3 N–H and O–H groups in total. The fourth-order valence-electron chi connectivity index (χ4n) is 0.917. The third-order valence-corrected chi connectivity index (χ3v) is 2.05. The first-order valence-corrected chi connectivity index (χ1v) is 5.30. The van der Waals surface area contributed by atoms with Gasteiger partial charge in [0, 0.05) is 13.1 Å². The predicted molar refractivity (Wildman–Crippen MR) is 61.6 cm³/mol. The molecule has 0 radical (unpaired) electrons. The predicted octanol–water partition coefficient (Wildman–Crippen LogP) is 0.903. The summed E-state index contributed by atoms with van der Waals surface area (Å²) in [5.74, 6) is -0.285. The molecule has 0 aliphatic carbocycles. The van der Waals surface area contributed by atoms with Crippen molar-refractivity contribution in [2.45, 2.75) is 40.2 Å². The van der Waals surface area contributed by atoms with Gasteiger partial charge in [-0.25, -0.2) is 0 Å². The number of amides is 1. The van der Waals surface area contributed by atoms with Gasteiger partial charge in [0.15, 0.2) is 0 Å². The summed E-state index contributed by atoms with van der Waals surface area (Å²) >= 11 is 0. The fourth-order valence-corrected chi connectivity index (χ4v) is 0.917. The molecule has 0 aliphatic rings. The quantitative estimate of drug-likeness (QED) is 0.648. The summed E-state index contributed by atoms with van der Waals surface area (Å²) in [7, 11) is 0. The van der Waals surface area contributed by atoms with E-state index in [-0.39, 0.29) is 11.5 Å². The molecule has 0 saturated carbocycles. The Balaban J connectivity index is 3.60. The fraction of sp³-hybridized carbons (Fsp3) is 0.909. The number of carbonyl (C=O) groups excluding carboxylic acids is 1. The minimum Gasteiger partial charge on any atom is -0.375 e. The Kier molecular flexibility index (Phi) is 5.24. The van der Waals surface area contributed by atoms with Gasteiger partial charge in [-0.15, -0.1) is 0 Å². The highest BCUT2D eigenvalue weighted by Gasteiger charge is 2.23. The number of rotatable bonds is 6. The van der Waals surface area contributed by atoms with Gasteiger partial charge < -0.3 is 15.8 Å². The molecule has 0 aromatic carbocycles. The number of primary amides is 1. The minimum absolute atomic E-state index is 0.110. The lowest BCUT2D eigenvalue weighted by Crippen LogP contribution is -2.41. The molecule has 0 unspecified atom stereocenters. The van der Waals surface area contributed by atoms with Crippen molar-refractivity contribution < 1.29 is 9.53 Å². The van der Waals surface area contributed by atoms with Crippen LogP contribution in [0.2, 0.25) is 0 Å². The van der Waals surface area contributed by atoms with E-state index in [4.69, 9.17) is 10.5 Å². The molecule has 90 valence electrons. The molecular weight excluding hydrogens is 192 g/mol. The van der Waals surface area contributed by atoms with Crippen LogP contribution in [0.4, 0.5) is 0 Å². The summed E-state index contributed by atoms with van der Waals surface area (Å²) in [6, 6.07) is 0. The van der Waals surface area contributed by atoms with E-state index in [1.807, 2.05) is 34.6 Å². The molecule has 0 rings (SSSR count). The maximum Gasteiger partial charge on any atom is 0.224 e. The van der Waals surface area contributed by atoms with Gasteiger partial charge in [0.25, 0.3) is 0 Å². The smallest absolute Gasteiger partial charge is 0.224 e. The first kappa shape index (κ1) is 14.4. The lowest BCUT2D eigenvalue weighted by Gasteiger charge is -2.22. The third kappa shape index (κ3) is 7.33. The van der Waals surface area contributed by atoms with Crippen LogP contribution in [0, 0.1) is 5.41 Å². The maximum absolute atomic E-state index is 11.0. The van der Waals surface area contributed by atoms with E-state index in [0.29, 0.717) is 13.2 Å². The summed E-state index contributed by atoms with van der Waals surface area (Å²) in [4.78, 5) is 11.0. The number of hydrogen-bond acceptors (Lipinski definition) is 3. The van der Waals surface area contributed by atoms with Crippen LogP contribution in [0.1, 0.15) is 34.6 Å². The van der Waals surface area contributed by atoms with E-state index in [0.717, 1.165) is 6.54 Å². The largest absolute Gasteiger partial charge is 0.375 e. The van der Waals surface area contributed by atoms with Crippen LogP contribution in [0.5, 0.6) is 0 Å². The Hall–Kier alpha value is -0.610. The number of ether oxygens (including phenoxy) is 1. The molecule has 0 atom stereocenters. The molecule has 15 heavy (non-hydrogen) atoms. The van der Waals surface area contributed by atoms with Gasteiger partial charge in [0.05, 0.1) is 17.6 Å². The Morgan fingerprint density at radius 2 is 1.80 bits per heavy atom. The minimum atomic E-state index is -0.498. The van der Waals surface area contributed by atoms with Crippen molar-refractivity contribution in [3.63, 3.8) is 0 Å². The molecule has 1 amide bonds. The molecule has 0 bridgehead atoms. The molecule has 4 heteroatoms. The molecule has 0 aromatic heterocycles. The van der Waals surface area contributed by atoms with E-state index in [2.05, 4.69) is 5.32 Å². The van der Waals surface area contributed by atoms with Crippen LogP contribution in [-0.4, -0.2) is 31.2 Å². The summed E-state index contributed by atoms with van der Waals surface area (Å²) in [6.45, 7) is 11.6. The SMILES string of the molecule is CC(C)(C)OCCNCC(C)(C)C(N)=O. The topological polar surface area (TPSA) is 64.3 Å². The van der Waals surface area contributed by atoms with E-state index >= 15 is 0 Å². The van der Waals surface area contributed by atoms with Gasteiger partial charge in [-0.05, 0) is 34.6 Å². The summed E-state index contributed by atoms with van der Waals surface area (Å²) in [6.07, 6.45) is 0. The molecule has 4 nitrogen and oxygen atoms in total. The maximum atomic E-state index is 11.0. The highest BCUT2D eigenvalue weighted by molar-refractivity contribution is 5.80. The zero-order valence-electron chi connectivity index (χ0n) is 10.5. The second kappa shape index (κ2) is 5.47. The monoisotopic (exact) mass is 216 g/mol. The Labute approximate surface area is 92.6 Å². The van der Waals surface area contributed by atoms with Crippen molar-refractivity contribution in [3.05, 3.63) is 0 Å². The first-order valence-electron chi connectivity index (χ1n) is 5.30. The van der Waals surface area contributed by atoms with Gasteiger partial charge in [0.1, 0.15) is 0 Å². The number of nitrogens with one attached hydrogen (secondary N) is 1. The second-order valence-electron chi connectivity index (χ2n) is 5.39. The van der Waals surface area contributed by atoms with Gasteiger partial charge >= 0.3 is 0 Å². The van der Waals surface area contributed by atoms with E-state index < -0.39 is 5.41 Å². The van der Waals surface area contributed by atoms with Crippen LogP contribution < -0.4 is 11.1 Å². The average molecular weight is 216 g/mol. The van der Waals surface area contributed by atoms with Gasteiger partial charge in [0.2, 0.25) is 5.91 Å². The molecular formula is C11H24N2O2. The average Bonchev–Trinajstić information content (AvgIpc) is 2.00. The molecule has 0 spiro atoms. The van der Waals surface area contributed by atoms with Crippen LogP contribution in [0.25, 0.3) is 0 Å². The highest BCUT2D eigenvalue weighted by Crippen LogP contribution is 2.11. The number of hydrogen-bond donors (Lipinski definition) is 2. The third-order valence-electron chi connectivity index (χ3n) is 2.05. The Bertz CT molecular complexity index is 207. The molecule has 0 aromatic rings. The van der Waals surface area contributed by atoms with E-state index in [9.17, 15) is 4.79 Å². The molecule has 0 aliphatic heterocycles. The lowest BCUT2D eigenvalue weighted by molar-refractivity contribution is -0.125. The lowest BCUT2D eigenvalue weighted by atomic mass is 9.93. The molecule has 0 saturated heterocycles. The van der Waals surface area contributed by atoms with Crippen molar-refractivity contribution in [2.75, 3.05) is 19.7 Å². The zero-order valence-corrected chi connectivity index (χ0v) is 10.5. The molecule has 0 fully saturated rings. The summed E-state index contributed by atoms with van der Waals surface area (Å²) in [5, 5.41) is 3.15. The number of carbonyl (C=O) groups is 1. The number of nitrogens with two attached hydrogens (primary N) is 1. The van der Waals surface area contributed by atoms with Crippen molar-refractivity contribution in [2.24, 2.45) is 11.1 Å². The Morgan fingerprint density at radius 3 is 2.20 bits per heavy atom. The van der Waals surface area contributed by atoms with Crippen LogP contribution in [0.3, 0.4) is 0 Å². The van der Waals surface area contributed by atoms with E-state index in [1.54, 1.807) is 0 Å². The zero-order chi connectivity index (χ0) is 12.1. The highest BCUT2D eigenvalue weighted by atomic mass is 16.5. The van der Waals surface area contributed by atoms with Gasteiger partial charge in [-0.1, -0.05) is 0 Å². The van der Waals surface area contributed by atoms with Crippen LogP contribution in [-0.2, 0) is 9.53 Å². The van der Waals surface area contributed by atoms with Gasteiger partial charge in [-0.2, -0.15) is 0 Å². The molecule has 0 heterocycles.